The molecular formula is C22H33N3O5S. The molecule has 3 rings (SSSR count). The number of hydrogen-bond acceptors (Lipinski definition) is 5. The Kier molecular flexibility index (Phi) is 7.94. The first-order valence-corrected chi connectivity index (χ1v) is 12.9. The lowest BCUT2D eigenvalue weighted by atomic mass is 9.93. The Bertz CT molecular complexity index is 881. The van der Waals surface area contributed by atoms with Crippen molar-refractivity contribution in [3.8, 4) is 0 Å². The van der Waals surface area contributed by atoms with Crippen molar-refractivity contribution in [3.05, 3.63) is 35.4 Å². The predicted molar refractivity (Wildman–Crippen MR) is 118 cm³/mol. The first kappa shape index (κ1) is 23.5. The third-order valence-corrected chi connectivity index (χ3v) is 7.28. The van der Waals surface area contributed by atoms with Crippen LogP contribution in [0.3, 0.4) is 0 Å². The minimum atomic E-state index is -3.46. The van der Waals surface area contributed by atoms with Crippen molar-refractivity contribution in [2.24, 2.45) is 5.92 Å². The fourth-order valence-electron chi connectivity index (χ4n) is 4.24. The smallest absolute Gasteiger partial charge is 0.409 e. The van der Waals surface area contributed by atoms with Crippen molar-refractivity contribution < 1.29 is 22.7 Å². The zero-order chi connectivity index (χ0) is 22.4. The summed E-state index contributed by atoms with van der Waals surface area (Å²) in [6.45, 7) is 3.98. The number of nitrogens with one attached hydrogen (secondary N) is 1. The van der Waals surface area contributed by atoms with Gasteiger partial charge in [-0.2, -0.15) is 4.31 Å². The van der Waals surface area contributed by atoms with Gasteiger partial charge in [0.15, 0.2) is 0 Å². The fourth-order valence-corrected chi connectivity index (χ4v) is 5.21. The van der Waals surface area contributed by atoms with Crippen LogP contribution in [-0.2, 0) is 26.0 Å². The Morgan fingerprint density at radius 1 is 1.16 bits per heavy atom. The highest BCUT2D eigenvalue weighted by Crippen LogP contribution is 2.30. The summed E-state index contributed by atoms with van der Waals surface area (Å²) in [5, 5.41) is 2.95. The van der Waals surface area contributed by atoms with Crippen LogP contribution in [0.4, 0.5) is 4.79 Å². The minimum absolute atomic E-state index is 0.158. The quantitative estimate of drug-likeness (QED) is 0.643. The molecule has 1 N–H and O–H groups in total. The van der Waals surface area contributed by atoms with E-state index in [2.05, 4.69) is 5.32 Å². The number of hydrogen-bond donors (Lipinski definition) is 1. The van der Waals surface area contributed by atoms with Gasteiger partial charge in [-0.1, -0.05) is 37.6 Å². The van der Waals surface area contributed by atoms with Gasteiger partial charge >= 0.3 is 6.09 Å². The van der Waals surface area contributed by atoms with E-state index < -0.39 is 16.2 Å². The molecular weight excluding hydrogens is 418 g/mol. The number of unbranched alkanes of at least 4 members (excludes halogenated alkanes) is 1. The van der Waals surface area contributed by atoms with Gasteiger partial charge in [0.2, 0.25) is 15.9 Å². The molecule has 1 fully saturated rings. The van der Waals surface area contributed by atoms with E-state index in [0.717, 1.165) is 36.8 Å². The summed E-state index contributed by atoms with van der Waals surface area (Å²) < 4.78 is 31.2. The van der Waals surface area contributed by atoms with Gasteiger partial charge in [-0.15, -0.1) is 0 Å². The largest absolute Gasteiger partial charge is 0.449 e. The Labute approximate surface area is 185 Å². The molecule has 2 heterocycles. The van der Waals surface area contributed by atoms with Crippen molar-refractivity contribution in [1.29, 1.82) is 0 Å². The highest BCUT2D eigenvalue weighted by Gasteiger charge is 2.34. The summed E-state index contributed by atoms with van der Waals surface area (Å²) in [4.78, 5) is 26.6. The SMILES string of the molecule is CCCCOC(=O)N1CCC(CC(=O)NC2c3ccccc3CCN2S(C)(=O)=O)CC1. The van der Waals surface area contributed by atoms with Crippen LogP contribution in [0.1, 0.15) is 56.3 Å². The van der Waals surface area contributed by atoms with Crippen molar-refractivity contribution in [2.75, 3.05) is 32.5 Å². The van der Waals surface area contributed by atoms with E-state index in [9.17, 15) is 18.0 Å². The molecule has 1 aromatic rings. The van der Waals surface area contributed by atoms with E-state index >= 15 is 0 Å². The third kappa shape index (κ3) is 6.20. The maximum absolute atomic E-state index is 12.8. The van der Waals surface area contributed by atoms with Crippen LogP contribution in [0.15, 0.2) is 24.3 Å². The first-order chi connectivity index (χ1) is 14.8. The van der Waals surface area contributed by atoms with E-state index in [1.807, 2.05) is 31.2 Å². The number of likely N-dealkylation sites (tertiary alicyclic amines) is 1. The molecule has 0 saturated carbocycles. The third-order valence-electron chi connectivity index (χ3n) is 6.03. The second kappa shape index (κ2) is 10.5. The summed E-state index contributed by atoms with van der Waals surface area (Å²) in [6, 6.07) is 7.64. The van der Waals surface area contributed by atoms with Crippen LogP contribution in [0.2, 0.25) is 0 Å². The van der Waals surface area contributed by atoms with Gasteiger partial charge in [-0.3, -0.25) is 4.79 Å². The molecule has 9 heteroatoms. The van der Waals surface area contributed by atoms with Gasteiger partial charge in [0, 0.05) is 26.1 Å². The number of sulfonamides is 1. The lowest BCUT2D eigenvalue weighted by Gasteiger charge is -2.36. The Hall–Kier alpha value is -2.13. The zero-order valence-electron chi connectivity index (χ0n) is 18.4. The molecule has 1 atom stereocenters. The number of piperidine rings is 1. The van der Waals surface area contributed by atoms with Crippen molar-refractivity contribution in [2.45, 2.75) is 51.6 Å². The van der Waals surface area contributed by atoms with Crippen LogP contribution in [0.5, 0.6) is 0 Å². The molecule has 1 unspecified atom stereocenters. The van der Waals surface area contributed by atoms with Gasteiger partial charge in [-0.25, -0.2) is 13.2 Å². The lowest BCUT2D eigenvalue weighted by molar-refractivity contribution is -0.123. The molecule has 0 radical (unpaired) electrons. The van der Waals surface area contributed by atoms with Gasteiger partial charge in [0.25, 0.3) is 0 Å². The molecule has 8 nitrogen and oxygen atoms in total. The van der Waals surface area contributed by atoms with E-state index in [4.69, 9.17) is 4.74 Å². The van der Waals surface area contributed by atoms with Crippen molar-refractivity contribution in [1.82, 2.24) is 14.5 Å². The molecule has 0 aromatic heterocycles. The lowest BCUT2D eigenvalue weighted by Crippen LogP contribution is -2.48. The monoisotopic (exact) mass is 451 g/mol. The van der Waals surface area contributed by atoms with Gasteiger partial charge < -0.3 is 15.0 Å². The van der Waals surface area contributed by atoms with E-state index in [0.29, 0.717) is 39.1 Å². The number of ether oxygens (including phenoxy) is 1. The summed E-state index contributed by atoms with van der Waals surface area (Å²) in [5.41, 5.74) is 1.89. The topological polar surface area (TPSA) is 96.0 Å². The normalized spacial score (nSPS) is 20.2. The molecule has 0 aliphatic carbocycles. The van der Waals surface area contributed by atoms with E-state index in [-0.39, 0.29) is 17.9 Å². The molecule has 31 heavy (non-hydrogen) atoms. The number of rotatable bonds is 7. The minimum Gasteiger partial charge on any atom is -0.449 e. The highest BCUT2D eigenvalue weighted by molar-refractivity contribution is 7.88. The van der Waals surface area contributed by atoms with Gasteiger partial charge in [-0.05, 0) is 42.7 Å². The number of carbonyl (C=O) groups excluding carboxylic acids is 2. The number of fused-ring (bicyclic) bond motifs is 1. The molecule has 2 aliphatic heterocycles. The molecule has 0 spiro atoms. The average Bonchev–Trinajstić information content (AvgIpc) is 2.73. The standard InChI is InChI=1S/C22H33N3O5S/c1-3-4-15-30-22(27)24-12-9-17(10-13-24)16-20(26)23-21-19-8-6-5-7-18(19)11-14-25(21)31(2,28)29/h5-8,17,21H,3-4,9-16H2,1-2H3,(H,23,26). The second-order valence-corrected chi connectivity index (χ2v) is 10.3. The maximum Gasteiger partial charge on any atom is 0.409 e. The molecule has 2 aliphatic rings. The fraction of sp³-hybridized carbons (Fsp3) is 0.636. The Morgan fingerprint density at radius 2 is 1.87 bits per heavy atom. The molecule has 0 bridgehead atoms. The summed E-state index contributed by atoms with van der Waals surface area (Å²) in [5.74, 6) is -0.00969. The number of carbonyl (C=O) groups is 2. The predicted octanol–water partition coefficient (Wildman–Crippen LogP) is 2.66. The molecule has 172 valence electrons. The van der Waals surface area contributed by atoms with Crippen LogP contribution in [-0.4, -0.2) is 62.1 Å². The van der Waals surface area contributed by atoms with E-state index in [1.54, 1.807) is 4.90 Å². The van der Waals surface area contributed by atoms with Gasteiger partial charge in [0.1, 0.15) is 6.17 Å². The summed E-state index contributed by atoms with van der Waals surface area (Å²) in [6.07, 6.45) is 4.46. The number of nitrogens with zero attached hydrogens (tertiary/aromatic N) is 2. The van der Waals surface area contributed by atoms with Crippen molar-refractivity contribution >= 4 is 22.0 Å². The van der Waals surface area contributed by atoms with Gasteiger partial charge in [0.05, 0.1) is 12.9 Å². The maximum atomic E-state index is 12.8. The molecule has 2 amide bonds. The van der Waals surface area contributed by atoms with Crippen LogP contribution in [0, 0.1) is 5.92 Å². The summed E-state index contributed by atoms with van der Waals surface area (Å²) in [7, 11) is -3.46. The molecule has 1 aromatic carbocycles. The average molecular weight is 452 g/mol. The van der Waals surface area contributed by atoms with Crippen molar-refractivity contribution in [3.63, 3.8) is 0 Å². The second-order valence-electron chi connectivity index (χ2n) is 8.40. The number of amides is 2. The van der Waals surface area contributed by atoms with Crippen LogP contribution < -0.4 is 5.32 Å². The van der Waals surface area contributed by atoms with Crippen LogP contribution in [0.25, 0.3) is 0 Å². The first-order valence-electron chi connectivity index (χ1n) is 11.0. The summed E-state index contributed by atoms with van der Waals surface area (Å²) >= 11 is 0. The Balaban J connectivity index is 1.56. The highest BCUT2D eigenvalue weighted by atomic mass is 32.2. The molecule has 1 saturated heterocycles. The van der Waals surface area contributed by atoms with Crippen LogP contribution >= 0.6 is 0 Å². The van der Waals surface area contributed by atoms with E-state index in [1.165, 1.54) is 10.6 Å². The number of benzene rings is 1. The Morgan fingerprint density at radius 3 is 2.55 bits per heavy atom. The zero-order valence-corrected chi connectivity index (χ0v) is 19.2.